The van der Waals surface area contributed by atoms with E-state index in [1.54, 1.807) is 7.11 Å². The number of ether oxygens (including phenoxy) is 1. The average Bonchev–Trinajstić information content (AvgIpc) is 2.84. The van der Waals surface area contributed by atoms with Crippen molar-refractivity contribution in [2.45, 2.75) is 12.6 Å². The number of hydrogen-bond donors (Lipinski definition) is 1. The molecule has 0 amide bonds. The summed E-state index contributed by atoms with van der Waals surface area (Å²) in [5.41, 5.74) is 5.26. The van der Waals surface area contributed by atoms with Crippen LogP contribution in [0, 0.1) is 0 Å². The van der Waals surface area contributed by atoms with Crippen molar-refractivity contribution in [3.8, 4) is 5.88 Å². The lowest BCUT2D eigenvalue weighted by atomic mass is 9.97. The molecule has 0 bridgehead atoms. The number of halogens is 1. The minimum atomic E-state index is -0.0889. The van der Waals surface area contributed by atoms with E-state index in [0.29, 0.717) is 12.4 Å². The van der Waals surface area contributed by atoms with Crippen molar-refractivity contribution in [3.63, 3.8) is 0 Å². The lowest BCUT2D eigenvalue weighted by molar-refractivity contribution is 0.388. The second kappa shape index (κ2) is 9.07. The zero-order valence-corrected chi connectivity index (χ0v) is 19.2. The van der Waals surface area contributed by atoms with Crippen LogP contribution in [-0.2, 0) is 6.54 Å². The van der Waals surface area contributed by atoms with E-state index in [9.17, 15) is 0 Å². The third-order valence-electron chi connectivity index (χ3n) is 5.64. The molecular weight excluding hydrogens is 462 g/mol. The van der Waals surface area contributed by atoms with Gasteiger partial charge in [0.15, 0.2) is 0 Å². The summed E-state index contributed by atoms with van der Waals surface area (Å²) in [7, 11) is 1.68. The molecule has 0 spiro atoms. The molecule has 32 heavy (non-hydrogen) atoms. The number of pyridine rings is 2. The molecule has 3 aromatic carbocycles. The lowest BCUT2D eigenvalue weighted by Gasteiger charge is -2.22. The van der Waals surface area contributed by atoms with Gasteiger partial charge >= 0.3 is 0 Å². The molecule has 1 unspecified atom stereocenters. The van der Waals surface area contributed by atoms with Gasteiger partial charge in [0.1, 0.15) is 0 Å². The van der Waals surface area contributed by atoms with Crippen molar-refractivity contribution in [2.75, 3.05) is 7.11 Å². The van der Waals surface area contributed by atoms with E-state index in [1.165, 1.54) is 5.56 Å². The number of methoxy groups -OCH3 is 1. The highest BCUT2D eigenvalue weighted by molar-refractivity contribution is 9.10. The van der Waals surface area contributed by atoms with Gasteiger partial charge in [-0.25, -0.2) is 4.98 Å². The molecule has 1 atom stereocenters. The van der Waals surface area contributed by atoms with Crippen molar-refractivity contribution in [3.05, 3.63) is 112 Å². The first-order valence-corrected chi connectivity index (χ1v) is 11.3. The first-order valence-electron chi connectivity index (χ1n) is 10.5. The van der Waals surface area contributed by atoms with Crippen LogP contribution in [0.25, 0.3) is 21.8 Å². The molecule has 0 aliphatic carbocycles. The molecule has 5 aromatic rings. The van der Waals surface area contributed by atoms with Crippen molar-refractivity contribution in [2.24, 2.45) is 0 Å². The maximum atomic E-state index is 5.74. The largest absolute Gasteiger partial charge is 0.481 e. The summed E-state index contributed by atoms with van der Waals surface area (Å²) >= 11 is 3.58. The second-order valence-electron chi connectivity index (χ2n) is 7.64. The predicted octanol–water partition coefficient (Wildman–Crippen LogP) is 6.43. The van der Waals surface area contributed by atoms with Gasteiger partial charge in [-0.3, -0.25) is 4.98 Å². The minimum Gasteiger partial charge on any atom is -0.481 e. The molecule has 5 rings (SSSR count). The topological polar surface area (TPSA) is 47.0 Å². The van der Waals surface area contributed by atoms with E-state index in [4.69, 9.17) is 9.72 Å². The molecule has 0 saturated heterocycles. The Balaban J connectivity index is 1.59. The number of nitrogens with one attached hydrogen (secondary N) is 1. The molecule has 0 fully saturated rings. The number of hydrogen-bond acceptors (Lipinski definition) is 4. The molecule has 0 saturated carbocycles. The SMILES string of the molecule is COc1nc2ccc(Br)cc2cc1C(NCc1cccc2ncccc12)c1ccccc1. The third-order valence-corrected chi connectivity index (χ3v) is 6.13. The van der Waals surface area contributed by atoms with Gasteiger partial charge in [0.25, 0.3) is 0 Å². The van der Waals surface area contributed by atoms with Crippen LogP contribution in [0.5, 0.6) is 5.88 Å². The number of aromatic nitrogens is 2. The first-order chi connectivity index (χ1) is 15.7. The third kappa shape index (κ3) is 4.09. The second-order valence-corrected chi connectivity index (χ2v) is 8.55. The van der Waals surface area contributed by atoms with Crippen LogP contribution in [0.3, 0.4) is 0 Å². The molecule has 0 radical (unpaired) electrons. The Morgan fingerprint density at radius 2 is 1.78 bits per heavy atom. The highest BCUT2D eigenvalue weighted by Gasteiger charge is 2.20. The van der Waals surface area contributed by atoms with E-state index in [1.807, 2.05) is 36.5 Å². The number of benzene rings is 3. The molecule has 2 heterocycles. The van der Waals surface area contributed by atoms with Gasteiger partial charge in [-0.2, -0.15) is 0 Å². The summed E-state index contributed by atoms with van der Waals surface area (Å²) in [5.74, 6) is 0.626. The monoisotopic (exact) mass is 483 g/mol. The molecular formula is C27H22BrN3O. The Labute approximate surface area is 195 Å². The Morgan fingerprint density at radius 3 is 2.62 bits per heavy atom. The van der Waals surface area contributed by atoms with Crippen LogP contribution in [0.1, 0.15) is 22.7 Å². The van der Waals surface area contributed by atoms with Crippen LogP contribution < -0.4 is 10.1 Å². The standard InChI is InChI=1S/C27H22BrN3O/c1-32-27-23(16-20-15-21(28)12-13-24(20)31-27)26(18-7-3-2-4-8-18)30-17-19-9-5-11-25-22(19)10-6-14-29-25/h2-16,26,30H,17H2,1H3. The van der Waals surface area contributed by atoms with E-state index in [-0.39, 0.29) is 6.04 Å². The predicted molar refractivity (Wildman–Crippen MR) is 133 cm³/mol. The summed E-state index contributed by atoms with van der Waals surface area (Å²) in [6, 6.07) is 28.9. The quantitative estimate of drug-likeness (QED) is 0.302. The van der Waals surface area contributed by atoms with Crippen LogP contribution in [0.2, 0.25) is 0 Å². The van der Waals surface area contributed by atoms with Gasteiger partial charge in [-0.15, -0.1) is 0 Å². The fourth-order valence-electron chi connectivity index (χ4n) is 4.10. The molecule has 2 aromatic heterocycles. The number of fused-ring (bicyclic) bond motifs is 2. The molecule has 1 N–H and O–H groups in total. The van der Waals surface area contributed by atoms with E-state index in [0.717, 1.165) is 37.4 Å². The average molecular weight is 484 g/mol. The summed E-state index contributed by atoms with van der Waals surface area (Å²) < 4.78 is 6.76. The molecule has 5 heteroatoms. The van der Waals surface area contributed by atoms with Gasteiger partial charge in [0.05, 0.1) is 24.2 Å². The van der Waals surface area contributed by atoms with Gasteiger partial charge in [-0.1, -0.05) is 64.5 Å². The van der Waals surface area contributed by atoms with Crippen LogP contribution in [-0.4, -0.2) is 17.1 Å². The lowest BCUT2D eigenvalue weighted by Crippen LogP contribution is -2.23. The summed E-state index contributed by atoms with van der Waals surface area (Å²) in [4.78, 5) is 9.29. The highest BCUT2D eigenvalue weighted by Crippen LogP contribution is 2.33. The van der Waals surface area contributed by atoms with Crippen LogP contribution in [0.4, 0.5) is 0 Å². The molecule has 0 aliphatic rings. The maximum Gasteiger partial charge on any atom is 0.218 e. The maximum absolute atomic E-state index is 5.74. The Kier molecular flexibility index (Phi) is 5.84. The zero-order valence-electron chi connectivity index (χ0n) is 17.6. The van der Waals surface area contributed by atoms with Crippen molar-refractivity contribution < 1.29 is 4.74 Å². The Bertz CT molecular complexity index is 1380. The van der Waals surface area contributed by atoms with E-state index >= 15 is 0 Å². The van der Waals surface area contributed by atoms with Gasteiger partial charge in [-0.05, 0) is 47.5 Å². The molecule has 0 aliphatic heterocycles. The normalized spacial score (nSPS) is 12.2. The van der Waals surface area contributed by atoms with Crippen molar-refractivity contribution >= 4 is 37.7 Å². The Morgan fingerprint density at radius 1 is 0.906 bits per heavy atom. The van der Waals surface area contributed by atoms with Crippen molar-refractivity contribution in [1.82, 2.24) is 15.3 Å². The van der Waals surface area contributed by atoms with Gasteiger partial charge in [0.2, 0.25) is 5.88 Å². The Hall–Kier alpha value is -3.28. The fraction of sp³-hybridized carbons (Fsp3) is 0.111. The summed E-state index contributed by atoms with van der Waals surface area (Å²) in [5, 5.41) is 5.97. The van der Waals surface area contributed by atoms with Gasteiger partial charge in [0, 0.05) is 33.6 Å². The summed E-state index contributed by atoms with van der Waals surface area (Å²) in [6.45, 7) is 0.683. The fourth-order valence-corrected chi connectivity index (χ4v) is 4.48. The first kappa shape index (κ1) is 20.6. The van der Waals surface area contributed by atoms with Gasteiger partial charge < -0.3 is 10.1 Å². The smallest absolute Gasteiger partial charge is 0.218 e. The molecule has 158 valence electrons. The zero-order chi connectivity index (χ0) is 21.9. The number of nitrogens with zero attached hydrogens (tertiary/aromatic N) is 2. The summed E-state index contributed by atoms with van der Waals surface area (Å²) in [6.07, 6.45) is 1.83. The van der Waals surface area contributed by atoms with Crippen LogP contribution >= 0.6 is 15.9 Å². The van der Waals surface area contributed by atoms with E-state index < -0.39 is 0 Å². The van der Waals surface area contributed by atoms with E-state index in [2.05, 4.69) is 80.8 Å². The molecule has 4 nitrogen and oxygen atoms in total. The highest BCUT2D eigenvalue weighted by atomic mass is 79.9. The minimum absolute atomic E-state index is 0.0889. The number of rotatable bonds is 6. The van der Waals surface area contributed by atoms with Crippen LogP contribution in [0.15, 0.2) is 95.6 Å². The van der Waals surface area contributed by atoms with Crippen molar-refractivity contribution in [1.29, 1.82) is 0 Å².